The SMILES string of the molecule is CCN(c1ccccc1)S(=O)(=O)c1ccc(C(=O)N2CCN(c3nc4c(OC)ccc(C)c4s3)CC2)cc1. The number of sulfonamides is 1. The van der Waals surface area contributed by atoms with Gasteiger partial charge >= 0.3 is 0 Å². The molecule has 8 nitrogen and oxygen atoms in total. The van der Waals surface area contributed by atoms with Gasteiger partial charge in [0.25, 0.3) is 15.9 Å². The Morgan fingerprint density at radius 3 is 2.32 bits per heavy atom. The average molecular weight is 551 g/mol. The number of aryl methyl sites for hydroxylation is 1. The lowest BCUT2D eigenvalue weighted by Crippen LogP contribution is -2.48. The number of thiazole rings is 1. The molecule has 0 spiro atoms. The van der Waals surface area contributed by atoms with Crippen molar-refractivity contribution >= 4 is 48.3 Å². The van der Waals surface area contributed by atoms with Crippen molar-refractivity contribution in [2.45, 2.75) is 18.7 Å². The molecule has 10 heteroatoms. The topological polar surface area (TPSA) is 83.1 Å². The predicted molar refractivity (Wildman–Crippen MR) is 152 cm³/mol. The number of anilines is 2. The Labute approximate surface area is 227 Å². The Balaban J connectivity index is 1.27. The third-order valence-electron chi connectivity index (χ3n) is 6.77. The molecule has 198 valence electrons. The highest BCUT2D eigenvalue weighted by atomic mass is 32.2. The van der Waals surface area contributed by atoms with Gasteiger partial charge in [0.15, 0.2) is 5.13 Å². The summed E-state index contributed by atoms with van der Waals surface area (Å²) in [6, 6.07) is 19.2. The fourth-order valence-corrected chi connectivity index (χ4v) is 7.24. The average Bonchev–Trinajstić information content (AvgIpc) is 3.41. The van der Waals surface area contributed by atoms with Gasteiger partial charge in [-0.2, -0.15) is 0 Å². The molecule has 0 unspecified atom stereocenters. The minimum atomic E-state index is -3.74. The quantitative estimate of drug-likeness (QED) is 0.329. The third kappa shape index (κ3) is 4.81. The van der Waals surface area contributed by atoms with Gasteiger partial charge in [-0.25, -0.2) is 13.4 Å². The number of amides is 1. The highest BCUT2D eigenvalue weighted by Crippen LogP contribution is 2.36. The summed E-state index contributed by atoms with van der Waals surface area (Å²) in [6.07, 6.45) is 0. The van der Waals surface area contributed by atoms with E-state index in [1.54, 1.807) is 49.6 Å². The molecule has 1 aliphatic rings. The Morgan fingerprint density at radius 2 is 1.68 bits per heavy atom. The van der Waals surface area contributed by atoms with Gasteiger partial charge in [0, 0.05) is 38.3 Å². The maximum Gasteiger partial charge on any atom is 0.264 e. The van der Waals surface area contributed by atoms with Gasteiger partial charge in [-0.3, -0.25) is 9.10 Å². The second-order valence-electron chi connectivity index (χ2n) is 9.07. The van der Waals surface area contributed by atoms with Crippen molar-refractivity contribution in [2.75, 3.05) is 49.0 Å². The van der Waals surface area contributed by atoms with Crippen molar-refractivity contribution in [1.29, 1.82) is 0 Å². The molecule has 2 heterocycles. The minimum Gasteiger partial charge on any atom is -0.494 e. The number of ether oxygens (including phenoxy) is 1. The second kappa shape index (κ2) is 10.6. The minimum absolute atomic E-state index is 0.106. The van der Waals surface area contributed by atoms with Crippen LogP contribution in [-0.4, -0.2) is 64.0 Å². The molecule has 4 aromatic rings. The number of hydrogen-bond donors (Lipinski definition) is 0. The van der Waals surface area contributed by atoms with E-state index < -0.39 is 10.0 Å². The Bertz CT molecular complexity index is 1550. The molecule has 1 saturated heterocycles. The first-order valence-electron chi connectivity index (χ1n) is 12.5. The van der Waals surface area contributed by atoms with E-state index in [2.05, 4.69) is 11.8 Å². The van der Waals surface area contributed by atoms with E-state index in [9.17, 15) is 13.2 Å². The molecule has 0 N–H and O–H groups in total. The van der Waals surface area contributed by atoms with Gasteiger partial charge in [0.05, 0.1) is 22.4 Å². The van der Waals surface area contributed by atoms with E-state index in [4.69, 9.17) is 9.72 Å². The molecular weight excluding hydrogens is 520 g/mol. The zero-order valence-corrected chi connectivity index (χ0v) is 23.3. The molecule has 1 fully saturated rings. The normalized spacial score (nSPS) is 14.1. The molecule has 0 aliphatic carbocycles. The van der Waals surface area contributed by atoms with Gasteiger partial charge in [-0.15, -0.1) is 0 Å². The van der Waals surface area contributed by atoms with Crippen molar-refractivity contribution in [3.63, 3.8) is 0 Å². The summed E-state index contributed by atoms with van der Waals surface area (Å²) in [6.45, 7) is 6.62. The van der Waals surface area contributed by atoms with Crippen molar-refractivity contribution in [2.24, 2.45) is 0 Å². The largest absolute Gasteiger partial charge is 0.494 e. The molecule has 3 aromatic carbocycles. The molecule has 5 rings (SSSR count). The monoisotopic (exact) mass is 550 g/mol. The molecule has 1 amide bonds. The van der Waals surface area contributed by atoms with Crippen molar-refractivity contribution < 1.29 is 17.9 Å². The second-order valence-corrected chi connectivity index (χ2v) is 11.9. The summed E-state index contributed by atoms with van der Waals surface area (Å²) in [5.74, 6) is 0.656. The number of carbonyl (C=O) groups excluding carboxylic acids is 1. The molecule has 0 atom stereocenters. The Hall–Kier alpha value is -3.63. The third-order valence-corrected chi connectivity index (χ3v) is 9.94. The van der Waals surface area contributed by atoms with Gasteiger partial charge in [0.2, 0.25) is 0 Å². The molecular formula is C28H30N4O4S2. The van der Waals surface area contributed by atoms with Crippen LogP contribution in [0.2, 0.25) is 0 Å². The van der Waals surface area contributed by atoms with Gasteiger partial charge in [0.1, 0.15) is 11.3 Å². The van der Waals surface area contributed by atoms with E-state index in [1.165, 1.54) is 16.4 Å². The molecule has 0 bridgehead atoms. The fourth-order valence-electron chi connectivity index (χ4n) is 4.66. The lowest BCUT2D eigenvalue weighted by Gasteiger charge is -2.34. The van der Waals surface area contributed by atoms with Crippen LogP contribution in [0.1, 0.15) is 22.8 Å². The highest BCUT2D eigenvalue weighted by Gasteiger charge is 2.27. The number of methoxy groups -OCH3 is 1. The zero-order valence-electron chi connectivity index (χ0n) is 21.6. The lowest BCUT2D eigenvalue weighted by molar-refractivity contribution is 0.0746. The summed E-state index contributed by atoms with van der Waals surface area (Å²) in [7, 11) is -2.09. The number of benzene rings is 3. The van der Waals surface area contributed by atoms with E-state index in [1.807, 2.05) is 35.2 Å². The summed E-state index contributed by atoms with van der Waals surface area (Å²) < 4.78 is 34.5. The van der Waals surface area contributed by atoms with E-state index in [0.29, 0.717) is 44.0 Å². The first-order valence-corrected chi connectivity index (χ1v) is 14.8. The highest BCUT2D eigenvalue weighted by molar-refractivity contribution is 7.92. The van der Waals surface area contributed by atoms with Crippen LogP contribution < -0.4 is 13.9 Å². The summed E-state index contributed by atoms with van der Waals surface area (Å²) in [5, 5.41) is 0.924. The molecule has 0 radical (unpaired) electrons. The van der Waals surface area contributed by atoms with Gasteiger partial charge < -0.3 is 14.5 Å². The Morgan fingerprint density at radius 1 is 1.00 bits per heavy atom. The fraction of sp³-hybridized carbons (Fsp3) is 0.286. The van der Waals surface area contributed by atoms with Crippen LogP contribution in [0.3, 0.4) is 0 Å². The Kier molecular flexibility index (Phi) is 7.27. The first kappa shape index (κ1) is 26.0. The summed E-state index contributed by atoms with van der Waals surface area (Å²) >= 11 is 1.64. The molecule has 0 saturated carbocycles. The van der Waals surface area contributed by atoms with Crippen LogP contribution in [0.15, 0.2) is 71.6 Å². The smallest absolute Gasteiger partial charge is 0.264 e. The number of fused-ring (bicyclic) bond motifs is 1. The maximum atomic E-state index is 13.3. The standard InChI is InChI=1S/C28H30N4O4S2/c1-4-32(22-8-6-5-7-9-22)38(34,35)23-13-11-21(12-14-23)27(33)30-16-18-31(19-17-30)28-29-25-24(36-3)15-10-20(2)26(25)37-28/h5-15H,4,16-19H2,1-3H3. The van der Waals surface area contributed by atoms with Crippen molar-refractivity contribution in [3.05, 3.63) is 77.9 Å². The molecule has 38 heavy (non-hydrogen) atoms. The predicted octanol–water partition coefficient (Wildman–Crippen LogP) is 4.79. The van der Waals surface area contributed by atoms with Crippen LogP contribution in [0.4, 0.5) is 10.8 Å². The van der Waals surface area contributed by atoms with E-state index in [0.717, 1.165) is 26.7 Å². The summed E-state index contributed by atoms with van der Waals surface area (Å²) in [5.41, 5.74) is 3.11. The van der Waals surface area contributed by atoms with Gasteiger partial charge in [-0.05, 0) is 61.9 Å². The number of carbonyl (C=O) groups is 1. The summed E-state index contributed by atoms with van der Waals surface area (Å²) in [4.78, 5) is 22.2. The first-order chi connectivity index (χ1) is 18.3. The van der Waals surface area contributed by atoms with Crippen LogP contribution >= 0.6 is 11.3 Å². The number of rotatable bonds is 7. The van der Waals surface area contributed by atoms with Crippen LogP contribution in [0.25, 0.3) is 10.2 Å². The van der Waals surface area contributed by atoms with E-state index in [-0.39, 0.29) is 10.8 Å². The van der Waals surface area contributed by atoms with Crippen molar-refractivity contribution in [3.8, 4) is 5.75 Å². The number of piperazine rings is 1. The number of para-hydroxylation sites is 1. The number of nitrogens with zero attached hydrogens (tertiary/aromatic N) is 4. The van der Waals surface area contributed by atoms with Crippen LogP contribution in [-0.2, 0) is 10.0 Å². The lowest BCUT2D eigenvalue weighted by atomic mass is 10.2. The van der Waals surface area contributed by atoms with Crippen LogP contribution in [0, 0.1) is 6.92 Å². The van der Waals surface area contributed by atoms with Crippen LogP contribution in [0.5, 0.6) is 5.75 Å². The zero-order chi connectivity index (χ0) is 26.9. The van der Waals surface area contributed by atoms with Crippen molar-refractivity contribution in [1.82, 2.24) is 9.88 Å². The number of aromatic nitrogens is 1. The molecule has 1 aromatic heterocycles. The molecule has 1 aliphatic heterocycles. The number of hydrogen-bond acceptors (Lipinski definition) is 7. The maximum absolute atomic E-state index is 13.3. The van der Waals surface area contributed by atoms with E-state index >= 15 is 0 Å². The van der Waals surface area contributed by atoms with Gasteiger partial charge in [-0.1, -0.05) is 35.6 Å².